The molecule has 8 heteroatoms. The maximum atomic E-state index is 11.3. The summed E-state index contributed by atoms with van der Waals surface area (Å²) in [4.78, 5) is 21.0. The van der Waals surface area contributed by atoms with Crippen LogP contribution in [0, 0.1) is 0 Å². The molecule has 0 aromatic carbocycles. The zero-order chi connectivity index (χ0) is 12.6. The molecule has 0 aliphatic rings. The Morgan fingerprint density at radius 3 is 2.06 bits per heavy atom. The van der Waals surface area contributed by atoms with Gasteiger partial charge in [0.25, 0.3) is 0 Å². The van der Waals surface area contributed by atoms with Crippen LogP contribution in [-0.4, -0.2) is 52.2 Å². The zero-order valence-electron chi connectivity index (χ0n) is 9.19. The Morgan fingerprint density at radius 1 is 1.12 bits per heavy atom. The normalized spacial score (nSPS) is 10.6. The number of esters is 1. The van der Waals surface area contributed by atoms with E-state index in [4.69, 9.17) is 0 Å². The Hall–Kier alpha value is -1.31. The predicted octanol–water partition coefficient (Wildman–Crippen LogP) is -0.680. The van der Waals surface area contributed by atoms with Crippen LogP contribution in [0.25, 0.3) is 0 Å². The van der Waals surface area contributed by atoms with E-state index in [-0.39, 0.29) is 24.7 Å². The lowest BCUT2D eigenvalue weighted by atomic mass is 10.8. The first-order valence-electron chi connectivity index (χ1n) is 4.55. The van der Waals surface area contributed by atoms with Crippen molar-refractivity contribution in [3.05, 3.63) is 0 Å². The van der Waals surface area contributed by atoms with Crippen molar-refractivity contribution in [2.24, 2.45) is 0 Å². The van der Waals surface area contributed by atoms with Crippen molar-refractivity contribution in [3.8, 4) is 0 Å². The fraction of sp³-hybridized carbons (Fsp3) is 0.750. The van der Waals surface area contributed by atoms with Crippen molar-refractivity contribution in [1.82, 2.24) is 5.32 Å². The summed E-state index contributed by atoms with van der Waals surface area (Å²) in [5.74, 6) is -1.09. The van der Waals surface area contributed by atoms with Crippen molar-refractivity contribution >= 4 is 21.9 Å². The van der Waals surface area contributed by atoms with E-state index in [0.29, 0.717) is 0 Å². The Balaban J connectivity index is 3.79. The lowest BCUT2D eigenvalue weighted by molar-refractivity contribution is -0.140. The summed E-state index contributed by atoms with van der Waals surface area (Å²) < 4.78 is 31.6. The fourth-order valence-corrected chi connectivity index (χ4v) is 1.63. The van der Waals surface area contributed by atoms with Gasteiger partial charge in [0, 0.05) is 14.0 Å². The Labute approximate surface area is 94.0 Å². The van der Waals surface area contributed by atoms with Crippen molar-refractivity contribution < 1.29 is 27.5 Å². The molecule has 0 saturated heterocycles. The van der Waals surface area contributed by atoms with Crippen LogP contribution in [-0.2, 0) is 24.1 Å². The maximum Gasteiger partial charge on any atom is 0.406 e. The molecule has 0 radical (unpaired) electrons. The molecule has 1 amide bonds. The molecule has 0 saturated carbocycles. The van der Waals surface area contributed by atoms with Crippen LogP contribution < -0.4 is 5.32 Å². The second-order valence-corrected chi connectivity index (χ2v) is 5.18. The number of amides is 1. The molecule has 0 aliphatic carbocycles. The lowest BCUT2D eigenvalue weighted by Crippen LogP contribution is -2.24. The van der Waals surface area contributed by atoms with Crippen LogP contribution in [0.1, 0.15) is 6.92 Å². The first-order chi connectivity index (χ1) is 7.37. The molecule has 0 bridgehead atoms. The molecule has 0 aromatic rings. The summed E-state index contributed by atoms with van der Waals surface area (Å²) in [6, 6.07) is 0. The number of alkyl carbamates (subject to hydrolysis) is 1. The number of carbonyl (C=O) groups is 2. The predicted molar refractivity (Wildman–Crippen MR) is 55.7 cm³/mol. The topological polar surface area (TPSA) is 98.8 Å². The third kappa shape index (κ3) is 8.04. The first-order valence-corrected chi connectivity index (χ1v) is 6.38. The van der Waals surface area contributed by atoms with Gasteiger partial charge in [0.1, 0.15) is 13.2 Å². The summed E-state index contributed by atoms with van der Waals surface area (Å²) in [6.45, 7) is 0.793. The van der Waals surface area contributed by atoms with Crippen molar-refractivity contribution in [1.29, 1.82) is 0 Å². The minimum atomic E-state index is -3.36. The van der Waals surface area contributed by atoms with E-state index in [1.807, 2.05) is 0 Å². The molecule has 16 heavy (non-hydrogen) atoms. The molecule has 0 spiro atoms. The van der Waals surface area contributed by atoms with E-state index >= 15 is 0 Å². The summed E-state index contributed by atoms with van der Waals surface area (Å²) >= 11 is 0. The molecule has 0 fully saturated rings. The lowest BCUT2D eigenvalue weighted by Gasteiger charge is -2.05. The SMILES string of the molecule is CNC(=O)OCCS(=O)(=O)CCOC(C)=O. The van der Waals surface area contributed by atoms with Crippen LogP contribution in [0.5, 0.6) is 0 Å². The molecule has 0 aliphatic heterocycles. The molecule has 0 rings (SSSR count). The summed E-state index contributed by atoms with van der Waals surface area (Å²) in [5.41, 5.74) is 0. The van der Waals surface area contributed by atoms with Crippen molar-refractivity contribution in [3.63, 3.8) is 0 Å². The highest BCUT2D eigenvalue weighted by atomic mass is 32.2. The Morgan fingerprint density at radius 2 is 1.62 bits per heavy atom. The third-order valence-corrected chi connectivity index (χ3v) is 3.11. The van der Waals surface area contributed by atoms with Gasteiger partial charge in [-0.2, -0.15) is 0 Å². The quantitative estimate of drug-likeness (QED) is 0.630. The van der Waals surface area contributed by atoms with Crippen LogP contribution in [0.3, 0.4) is 0 Å². The number of hydrogen-bond donors (Lipinski definition) is 1. The molecule has 0 heterocycles. The number of ether oxygens (including phenoxy) is 2. The second kappa shape index (κ2) is 7.04. The average Bonchev–Trinajstić information content (AvgIpc) is 2.16. The number of nitrogens with one attached hydrogen (secondary N) is 1. The van der Waals surface area contributed by atoms with E-state index < -0.39 is 21.9 Å². The van der Waals surface area contributed by atoms with Crippen LogP contribution in [0.4, 0.5) is 4.79 Å². The molecule has 0 atom stereocenters. The summed E-state index contributed by atoms with van der Waals surface area (Å²) in [5, 5.41) is 2.18. The molecule has 94 valence electrons. The van der Waals surface area contributed by atoms with Gasteiger partial charge >= 0.3 is 12.1 Å². The smallest absolute Gasteiger partial charge is 0.406 e. The highest BCUT2D eigenvalue weighted by molar-refractivity contribution is 7.91. The van der Waals surface area contributed by atoms with Gasteiger partial charge < -0.3 is 14.8 Å². The van der Waals surface area contributed by atoms with E-state index in [1.165, 1.54) is 14.0 Å². The number of rotatable bonds is 6. The van der Waals surface area contributed by atoms with Gasteiger partial charge in [0.05, 0.1) is 11.5 Å². The van der Waals surface area contributed by atoms with E-state index in [2.05, 4.69) is 14.8 Å². The third-order valence-electron chi connectivity index (χ3n) is 1.53. The van der Waals surface area contributed by atoms with Crippen LogP contribution in [0.15, 0.2) is 0 Å². The fourth-order valence-electron chi connectivity index (χ4n) is 0.748. The monoisotopic (exact) mass is 253 g/mol. The molecular formula is C8H15NO6S. The van der Waals surface area contributed by atoms with Crippen LogP contribution in [0.2, 0.25) is 0 Å². The van der Waals surface area contributed by atoms with Crippen LogP contribution >= 0.6 is 0 Å². The largest absolute Gasteiger partial charge is 0.465 e. The van der Waals surface area contributed by atoms with Gasteiger partial charge in [-0.3, -0.25) is 4.79 Å². The molecule has 0 aromatic heterocycles. The molecular weight excluding hydrogens is 238 g/mol. The Bertz CT molecular complexity index is 336. The van der Waals surface area contributed by atoms with Gasteiger partial charge in [-0.05, 0) is 0 Å². The zero-order valence-corrected chi connectivity index (χ0v) is 10.0. The standard InChI is InChI=1S/C8H15NO6S/c1-7(10)14-3-5-16(12,13)6-4-15-8(11)9-2/h3-6H2,1-2H3,(H,9,11). The van der Waals surface area contributed by atoms with E-state index in [1.54, 1.807) is 0 Å². The average molecular weight is 253 g/mol. The number of sulfone groups is 1. The highest BCUT2D eigenvalue weighted by Gasteiger charge is 2.12. The number of hydrogen-bond acceptors (Lipinski definition) is 6. The first kappa shape index (κ1) is 14.7. The van der Waals surface area contributed by atoms with Crippen molar-refractivity contribution in [2.75, 3.05) is 31.8 Å². The number of carbonyl (C=O) groups excluding carboxylic acids is 2. The van der Waals surface area contributed by atoms with E-state index in [9.17, 15) is 18.0 Å². The molecule has 7 nitrogen and oxygen atoms in total. The minimum absolute atomic E-state index is 0.183. The second-order valence-electron chi connectivity index (χ2n) is 2.88. The summed E-state index contributed by atoms with van der Waals surface area (Å²) in [6.07, 6.45) is -0.685. The summed E-state index contributed by atoms with van der Waals surface area (Å²) in [7, 11) is -1.99. The maximum absolute atomic E-state index is 11.3. The highest BCUT2D eigenvalue weighted by Crippen LogP contribution is 1.92. The minimum Gasteiger partial charge on any atom is -0.465 e. The van der Waals surface area contributed by atoms with Crippen molar-refractivity contribution in [2.45, 2.75) is 6.92 Å². The molecule has 0 unspecified atom stereocenters. The van der Waals surface area contributed by atoms with Gasteiger partial charge in [-0.1, -0.05) is 0 Å². The van der Waals surface area contributed by atoms with Gasteiger partial charge in [-0.15, -0.1) is 0 Å². The Kier molecular flexibility index (Phi) is 6.47. The van der Waals surface area contributed by atoms with Gasteiger partial charge in [-0.25, -0.2) is 13.2 Å². The van der Waals surface area contributed by atoms with Gasteiger partial charge in [0.2, 0.25) is 0 Å². The van der Waals surface area contributed by atoms with Gasteiger partial charge in [0.15, 0.2) is 9.84 Å². The van der Waals surface area contributed by atoms with E-state index in [0.717, 1.165) is 0 Å². The molecule has 1 N–H and O–H groups in total.